The third-order valence-electron chi connectivity index (χ3n) is 2.11. The molecule has 0 spiro atoms. The maximum absolute atomic E-state index is 13.2. The molecule has 0 saturated carbocycles. The van der Waals surface area contributed by atoms with Crippen LogP contribution < -0.4 is 0 Å². The van der Waals surface area contributed by atoms with Crippen LogP contribution in [0.2, 0.25) is 0 Å². The fourth-order valence-corrected chi connectivity index (χ4v) is 1.70. The molecule has 0 saturated heterocycles. The van der Waals surface area contributed by atoms with Crippen LogP contribution in [0.1, 0.15) is 11.3 Å². The van der Waals surface area contributed by atoms with E-state index in [1.54, 1.807) is 18.4 Å². The SMILES string of the molecule is Fc1cccc(COCc2ccco2)c1Br. The fraction of sp³-hybridized carbons (Fsp3) is 0.167. The maximum Gasteiger partial charge on any atom is 0.137 e. The Hall–Kier alpha value is -1.13. The van der Waals surface area contributed by atoms with Crippen molar-refractivity contribution >= 4 is 15.9 Å². The van der Waals surface area contributed by atoms with E-state index in [0.717, 1.165) is 11.3 Å². The number of benzene rings is 1. The molecule has 0 radical (unpaired) electrons. The van der Waals surface area contributed by atoms with Crippen molar-refractivity contribution in [3.63, 3.8) is 0 Å². The van der Waals surface area contributed by atoms with Crippen molar-refractivity contribution in [1.29, 1.82) is 0 Å². The Kier molecular flexibility index (Phi) is 3.74. The average Bonchev–Trinajstić information content (AvgIpc) is 2.77. The minimum Gasteiger partial charge on any atom is -0.467 e. The van der Waals surface area contributed by atoms with Crippen LogP contribution in [-0.2, 0) is 18.0 Å². The van der Waals surface area contributed by atoms with Gasteiger partial charge in [0.2, 0.25) is 0 Å². The molecule has 0 unspecified atom stereocenters. The van der Waals surface area contributed by atoms with Crippen molar-refractivity contribution in [1.82, 2.24) is 0 Å². The molecule has 2 rings (SSSR count). The Morgan fingerprint density at radius 3 is 2.81 bits per heavy atom. The summed E-state index contributed by atoms with van der Waals surface area (Å²) < 4.78 is 24.1. The van der Waals surface area contributed by atoms with Gasteiger partial charge in [0.25, 0.3) is 0 Å². The second-order valence-corrected chi connectivity index (χ2v) is 4.08. The summed E-state index contributed by atoms with van der Waals surface area (Å²) >= 11 is 3.18. The first-order valence-electron chi connectivity index (χ1n) is 4.80. The van der Waals surface area contributed by atoms with Crippen LogP contribution in [0.15, 0.2) is 45.5 Å². The zero-order chi connectivity index (χ0) is 11.4. The Morgan fingerprint density at radius 1 is 1.19 bits per heavy atom. The lowest BCUT2D eigenvalue weighted by molar-refractivity contribution is 0.0923. The lowest BCUT2D eigenvalue weighted by Gasteiger charge is -2.05. The fourth-order valence-electron chi connectivity index (χ4n) is 1.32. The number of hydrogen-bond acceptors (Lipinski definition) is 2. The van der Waals surface area contributed by atoms with Crippen LogP contribution in [0.5, 0.6) is 0 Å². The van der Waals surface area contributed by atoms with Gasteiger partial charge >= 0.3 is 0 Å². The molecule has 0 atom stereocenters. The van der Waals surface area contributed by atoms with Gasteiger partial charge < -0.3 is 9.15 Å². The second-order valence-electron chi connectivity index (χ2n) is 3.29. The molecule has 2 nitrogen and oxygen atoms in total. The molecular weight excluding hydrogens is 275 g/mol. The molecule has 16 heavy (non-hydrogen) atoms. The van der Waals surface area contributed by atoms with Crippen LogP contribution in [-0.4, -0.2) is 0 Å². The van der Waals surface area contributed by atoms with Gasteiger partial charge in [-0.1, -0.05) is 12.1 Å². The number of rotatable bonds is 4. The monoisotopic (exact) mass is 284 g/mol. The smallest absolute Gasteiger partial charge is 0.137 e. The largest absolute Gasteiger partial charge is 0.467 e. The van der Waals surface area contributed by atoms with E-state index in [1.807, 2.05) is 12.1 Å². The van der Waals surface area contributed by atoms with E-state index in [2.05, 4.69) is 15.9 Å². The molecule has 1 heterocycles. The lowest BCUT2D eigenvalue weighted by atomic mass is 10.2. The molecule has 0 fully saturated rings. The highest BCUT2D eigenvalue weighted by atomic mass is 79.9. The van der Waals surface area contributed by atoms with E-state index in [1.165, 1.54) is 6.07 Å². The van der Waals surface area contributed by atoms with Crippen LogP contribution in [0.4, 0.5) is 4.39 Å². The Morgan fingerprint density at radius 2 is 2.06 bits per heavy atom. The lowest BCUT2D eigenvalue weighted by Crippen LogP contribution is -1.95. The van der Waals surface area contributed by atoms with Gasteiger partial charge in [0.05, 0.1) is 17.3 Å². The minimum atomic E-state index is -0.279. The summed E-state index contributed by atoms with van der Waals surface area (Å²) in [5.41, 5.74) is 0.784. The van der Waals surface area contributed by atoms with Gasteiger partial charge in [0.1, 0.15) is 18.2 Å². The molecule has 1 aromatic heterocycles. The number of ether oxygens (including phenoxy) is 1. The van der Waals surface area contributed by atoms with Crippen molar-refractivity contribution in [3.8, 4) is 0 Å². The third-order valence-corrected chi connectivity index (χ3v) is 3.00. The van der Waals surface area contributed by atoms with Gasteiger partial charge in [-0.05, 0) is 39.7 Å². The van der Waals surface area contributed by atoms with Gasteiger partial charge in [-0.15, -0.1) is 0 Å². The molecule has 0 bridgehead atoms. The van der Waals surface area contributed by atoms with Crippen LogP contribution in [0.25, 0.3) is 0 Å². The summed E-state index contributed by atoms with van der Waals surface area (Å²) in [7, 11) is 0. The van der Waals surface area contributed by atoms with Crippen molar-refractivity contribution < 1.29 is 13.5 Å². The molecule has 0 aliphatic rings. The summed E-state index contributed by atoms with van der Waals surface area (Å²) in [5.74, 6) is 0.478. The highest BCUT2D eigenvalue weighted by Gasteiger charge is 2.05. The van der Waals surface area contributed by atoms with Gasteiger partial charge in [-0.25, -0.2) is 4.39 Å². The normalized spacial score (nSPS) is 10.6. The first kappa shape index (κ1) is 11.4. The number of hydrogen-bond donors (Lipinski definition) is 0. The highest BCUT2D eigenvalue weighted by molar-refractivity contribution is 9.10. The summed E-state index contributed by atoms with van der Waals surface area (Å²) in [6, 6.07) is 8.51. The van der Waals surface area contributed by atoms with Crippen molar-refractivity contribution in [2.24, 2.45) is 0 Å². The van der Waals surface area contributed by atoms with Gasteiger partial charge in [0.15, 0.2) is 0 Å². The second kappa shape index (κ2) is 5.27. The van der Waals surface area contributed by atoms with E-state index in [9.17, 15) is 4.39 Å². The molecular formula is C12H10BrFO2. The van der Waals surface area contributed by atoms with Crippen LogP contribution >= 0.6 is 15.9 Å². The molecule has 1 aromatic carbocycles. The quantitative estimate of drug-likeness (QED) is 0.850. The standard InChI is InChI=1S/C12H10BrFO2/c13-12-9(3-1-5-11(12)14)7-15-8-10-4-2-6-16-10/h1-6H,7-8H2. The first-order chi connectivity index (χ1) is 7.77. The molecule has 4 heteroatoms. The van der Waals surface area contributed by atoms with Crippen LogP contribution in [0, 0.1) is 5.82 Å². The molecule has 0 amide bonds. The first-order valence-corrected chi connectivity index (χ1v) is 5.59. The Labute approximate surface area is 101 Å². The molecule has 0 aliphatic heterocycles. The van der Waals surface area contributed by atoms with Crippen molar-refractivity contribution in [2.45, 2.75) is 13.2 Å². The van der Waals surface area contributed by atoms with E-state index in [-0.39, 0.29) is 5.82 Å². The van der Waals surface area contributed by atoms with E-state index in [4.69, 9.17) is 9.15 Å². The number of furan rings is 1. The van der Waals surface area contributed by atoms with Gasteiger partial charge in [-0.3, -0.25) is 0 Å². The van der Waals surface area contributed by atoms with E-state index < -0.39 is 0 Å². The average molecular weight is 285 g/mol. The van der Waals surface area contributed by atoms with Crippen molar-refractivity contribution in [2.75, 3.05) is 0 Å². The van der Waals surface area contributed by atoms with E-state index >= 15 is 0 Å². The van der Waals surface area contributed by atoms with Crippen molar-refractivity contribution in [3.05, 3.63) is 58.2 Å². The Bertz CT molecular complexity index is 454. The third kappa shape index (κ3) is 2.71. The topological polar surface area (TPSA) is 22.4 Å². The summed E-state index contributed by atoms with van der Waals surface area (Å²) in [6.07, 6.45) is 1.59. The van der Waals surface area contributed by atoms with E-state index in [0.29, 0.717) is 17.7 Å². The predicted molar refractivity (Wildman–Crippen MR) is 61.3 cm³/mol. The maximum atomic E-state index is 13.2. The molecule has 84 valence electrons. The molecule has 2 aromatic rings. The Balaban J connectivity index is 1.92. The zero-order valence-electron chi connectivity index (χ0n) is 8.45. The number of halogens is 2. The summed E-state index contributed by atoms with van der Waals surface area (Å²) in [6.45, 7) is 0.731. The van der Waals surface area contributed by atoms with Gasteiger partial charge in [0, 0.05) is 0 Å². The van der Waals surface area contributed by atoms with Gasteiger partial charge in [-0.2, -0.15) is 0 Å². The predicted octanol–water partition coefficient (Wildman–Crippen LogP) is 3.90. The molecule has 0 N–H and O–H groups in total. The summed E-state index contributed by atoms with van der Waals surface area (Å²) in [5, 5.41) is 0. The van der Waals surface area contributed by atoms with Crippen LogP contribution in [0.3, 0.4) is 0 Å². The highest BCUT2D eigenvalue weighted by Crippen LogP contribution is 2.21. The zero-order valence-corrected chi connectivity index (χ0v) is 10.0. The molecule has 0 aliphatic carbocycles. The minimum absolute atomic E-state index is 0.279. The summed E-state index contributed by atoms with van der Waals surface area (Å²) in [4.78, 5) is 0.